The third-order valence-electron chi connectivity index (χ3n) is 2.71. The number of aliphatic carboxylic acids is 1. The van der Waals surface area contributed by atoms with Gasteiger partial charge in [0.2, 0.25) is 0 Å². The van der Waals surface area contributed by atoms with Crippen LogP contribution < -0.4 is 0 Å². The van der Waals surface area contributed by atoms with Crippen LogP contribution in [0.1, 0.15) is 30.9 Å². The van der Waals surface area contributed by atoms with E-state index in [0.717, 1.165) is 24.8 Å². The second-order valence-corrected chi connectivity index (χ2v) is 3.82. The van der Waals surface area contributed by atoms with Gasteiger partial charge < -0.3 is 9.84 Å². The summed E-state index contributed by atoms with van der Waals surface area (Å²) in [7, 11) is 0. The molecule has 3 heteroatoms. The molecule has 1 fully saturated rings. The number of carbonyl (C=O) groups is 1. The lowest BCUT2D eigenvalue weighted by atomic mass is 9.95. The Morgan fingerprint density at radius 1 is 1.33 bits per heavy atom. The summed E-state index contributed by atoms with van der Waals surface area (Å²) in [5.74, 6) is -0.909. The van der Waals surface area contributed by atoms with Crippen molar-refractivity contribution in [1.29, 1.82) is 0 Å². The number of ether oxygens (including phenoxy) is 1. The summed E-state index contributed by atoms with van der Waals surface area (Å²) in [6.07, 6.45) is 2.43. The van der Waals surface area contributed by atoms with Crippen molar-refractivity contribution < 1.29 is 14.6 Å². The first-order valence-electron chi connectivity index (χ1n) is 5.20. The standard InChI is InChI=1S/C12H14O3/c13-12(14)11(15-10-7-4-8-10)9-5-2-1-3-6-9/h1-3,5-6,10-11H,4,7-8H2,(H,13,14). The van der Waals surface area contributed by atoms with E-state index >= 15 is 0 Å². The summed E-state index contributed by atoms with van der Waals surface area (Å²) >= 11 is 0. The molecule has 0 aliphatic heterocycles. The van der Waals surface area contributed by atoms with Crippen LogP contribution in [0, 0.1) is 0 Å². The summed E-state index contributed by atoms with van der Waals surface area (Å²) in [6.45, 7) is 0. The van der Waals surface area contributed by atoms with Gasteiger partial charge in [0.25, 0.3) is 0 Å². The molecule has 1 unspecified atom stereocenters. The van der Waals surface area contributed by atoms with Crippen molar-refractivity contribution in [3.05, 3.63) is 35.9 Å². The van der Waals surface area contributed by atoms with Crippen LogP contribution in [0.2, 0.25) is 0 Å². The van der Waals surface area contributed by atoms with Crippen LogP contribution in [-0.4, -0.2) is 17.2 Å². The second kappa shape index (κ2) is 4.45. The van der Waals surface area contributed by atoms with Gasteiger partial charge in [-0.25, -0.2) is 4.79 Å². The van der Waals surface area contributed by atoms with E-state index in [2.05, 4.69) is 0 Å². The van der Waals surface area contributed by atoms with Crippen molar-refractivity contribution in [1.82, 2.24) is 0 Å². The van der Waals surface area contributed by atoms with E-state index in [1.54, 1.807) is 12.1 Å². The summed E-state index contributed by atoms with van der Waals surface area (Å²) in [5, 5.41) is 9.07. The predicted octanol–water partition coefficient (Wildman–Crippen LogP) is 2.38. The van der Waals surface area contributed by atoms with E-state index < -0.39 is 12.1 Å². The van der Waals surface area contributed by atoms with E-state index in [0.29, 0.717) is 0 Å². The van der Waals surface area contributed by atoms with E-state index in [1.807, 2.05) is 18.2 Å². The molecule has 0 spiro atoms. The molecule has 1 aromatic rings. The van der Waals surface area contributed by atoms with Crippen molar-refractivity contribution in [3.8, 4) is 0 Å². The number of hydrogen-bond donors (Lipinski definition) is 1. The normalized spacial score (nSPS) is 18.1. The number of rotatable bonds is 4. The molecule has 0 saturated heterocycles. The van der Waals surface area contributed by atoms with Crippen LogP contribution in [0.4, 0.5) is 0 Å². The highest BCUT2D eigenvalue weighted by Gasteiger charge is 2.27. The molecular weight excluding hydrogens is 192 g/mol. The third kappa shape index (κ3) is 2.36. The molecule has 3 nitrogen and oxygen atoms in total. The first-order valence-corrected chi connectivity index (χ1v) is 5.20. The molecule has 0 aromatic heterocycles. The van der Waals surface area contributed by atoms with Crippen molar-refractivity contribution in [2.24, 2.45) is 0 Å². The Morgan fingerprint density at radius 3 is 2.47 bits per heavy atom. The quantitative estimate of drug-likeness (QED) is 0.822. The Labute approximate surface area is 88.7 Å². The van der Waals surface area contributed by atoms with Gasteiger partial charge in [0.1, 0.15) is 0 Å². The molecule has 0 heterocycles. The maximum atomic E-state index is 11.1. The van der Waals surface area contributed by atoms with Gasteiger partial charge in [0.05, 0.1) is 6.10 Å². The zero-order chi connectivity index (χ0) is 10.7. The van der Waals surface area contributed by atoms with Gasteiger partial charge >= 0.3 is 5.97 Å². The molecule has 15 heavy (non-hydrogen) atoms. The van der Waals surface area contributed by atoms with E-state index in [9.17, 15) is 4.79 Å². The lowest BCUT2D eigenvalue weighted by Gasteiger charge is -2.28. The maximum Gasteiger partial charge on any atom is 0.337 e. The molecule has 1 atom stereocenters. The topological polar surface area (TPSA) is 46.5 Å². The fourth-order valence-corrected chi connectivity index (χ4v) is 1.61. The molecule has 0 amide bonds. The van der Waals surface area contributed by atoms with Crippen molar-refractivity contribution >= 4 is 5.97 Å². The average Bonchev–Trinajstić information content (AvgIpc) is 2.17. The molecule has 2 rings (SSSR count). The summed E-state index contributed by atoms with van der Waals surface area (Å²) in [4.78, 5) is 11.1. The van der Waals surface area contributed by atoms with Crippen LogP contribution in [0.15, 0.2) is 30.3 Å². The highest BCUT2D eigenvalue weighted by molar-refractivity contribution is 5.74. The van der Waals surface area contributed by atoms with Crippen molar-refractivity contribution in [2.45, 2.75) is 31.5 Å². The molecule has 1 saturated carbocycles. The van der Waals surface area contributed by atoms with Gasteiger partial charge in [-0.2, -0.15) is 0 Å². The molecule has 80 valence electrons. The lowest BCUT2D eigenvalue weighted by Crippen LogP contribution is -2.27. The molecule has 0 bridgehead atoms. The fraction of sp³-hybridized carbons (Fsp3) is 0.417. The minimum atomic E-state index is -0.909. The highest BCUT2D eigenvalue weighted by atomic mass is 16.5. The molecule has 1 N–H and O–H groups in total. The second-order valence-electron chi connectivity index (χ2n) is 3.82. The fourth-order valence-electron chi connectivity index (χ4n) is 1.61. The molecule has 0 radical (unpaired) electrons. The Morgan fingerprint density at radius 2 is 2.00 bits per heavy atom. The number of carboxylic acid groups (broad SMARTS) is 1. The average molecular weight is 206 g/mol. The summed E-state index contributed by atoms with van der Waals surface area (Å²) in [5.41, 5.74) is 0.719. The van der Waals surface area contributed by atoms with E-state index in [1.165, 1.54) is 0 Å². The molecule has 1 aliphatic rings. The van der Waals surface area contributed by atoms with Crippen LogP contribution in [0.3, 0.4) is 0 Å². The Kier molecular flexibility index (Phi) is 3.02. The van der Waals surface area contributed by atoms with E-state index in [-0.39, 0.29) is 6.10 Å². The van der Waals surface area contributed by atoms with Crippen LogP contribution >= 0.6 is 0 Å². The van der Waals surface area contributed by atoms with Gasteiger partial charge in [-0.3, -0.25) is 0 Å². The largest absolute Gasteiger partial charge is 0.479 e. The number of carboxylic acids is 1. The molecule has 1 aromatic carbocycles. The molecule has 1 aliphatic carbocycles. The van der Waals surface area contributed by atoms with Gasteiger partial charge in [0.15, 0.2) is 6.10 Å². The van der Waals surface area contributed by atoms with Crippen LogP contribution in [-0.2, 0) is 9.53 Å². The summed E-state index contributed by atoms with van der Waals surface area (Å²) in [6, 6.07) is 9.10. The zero-order valence-corrected chi connectivity index (χ0v) is 8.43. The van der Waals surface area contributed by atoms with Gasteiger partial charge in [-0.1, -0.05) is 30.3 Å². The monoisotopic (exact) mass is 206 g/mol. The summed E-state index contributed by atoms with van der Waals surface area (Å²) < 4.78 is 5.53. The maximum absolute atomic E-state index is 11.1. The third-order valence-corrected chi connectivity index (χ3v) is 2.71. The highest BCUT2D eigenvalue weighted by Crippen LogP contribution is 2.28. The van der Waals surface area contributed by atoms with Gasteiger partial charge in [0, 0.05) is 0 Å². The van der Waals surface area contributed by atoms with E-state index in [4.69, 9.17) is 9.84 Å². The Balaban J connectivity index is 2.08. The molecular formula is C12H14O3. The predicted molar refractivity (Wildman–Crippen MR) is 55.5 cm³/mol. The number of hydrogen-bond acceptors (Lipinski definition) is 2. The van der Waals surface area contributed by atoms with Crippen LogP contribution in [0.25, 0.3) is 0 Å². The Hall–Kier alpha value is -1.35. The smallest absolute Gasteiger partial charge is 0.337 e. The number of benzene rings is 1. The first-order chi connectivity index (χ1) is 7.27. The first kappa shape index (κ1) is 10.2. The minimum absolute atomic E-state index is 0.131. The van der Waals surface area contributed by atoms with Gasteiger partial charge in [-0.05, 0) is 24.8 Å². The minimum Gasteiger partial charge on any atom is -0.479 e. The van der Waals surface area contributed by atoms with Gasteiger partial charge in [-0.15, -0.1) is 0 Å². The van der Waals surface area contributed by atoms with Crippen molar-refractivity contribution in [3.63, 3.8) is 0 Å². The Bertz CT molecular complexity index is 330. The van der Waals surface area contributed by atoms with Crippen LogP contribution in [0.5, 0.6) is 0 Å². The SMILES string of the molecule is O=C(O)C(OC1CCC1)c1ccccc1. The van der Waals surface area contributed by atoms with Crippen molar-refractivity contribution in [2.75, 3.05) is 0 Å². The lowest BCUT2D eigenvalue weighted by molar-refractivity contribution is -0.158. The zero-order valence-electron chi connectivity index (χ0n) is 8.43.